The molecule has 11 heteroatoms. The molecule has 0 saturated carbocycles. The number of nitrogens with two attached hydrogens (primary N) is 1. The van der Waals surface area contributed by atoms with Crippen LogP contribution < -0.4 is 16.6 Å². The van der Waals surface area contributed by atoms with Gasteiger partial charge in [0, 0.05) is 6.54 Å². The highest BCUT2D eigenvalue weighted by atomic mass is 127. The lowest BCUT2D eigenvalue weighted by atomic mass is 9.84. The molecule has 0 bridgehead atoms. The zero-order valence-corrected chi connectivity index (χ0v) is 20.2. The van der Waals surface area contributed by atoms with Crippen molar-refractivity contribution in [3.8, 4) is 0 Å². The number of benzene rings is 1. The SMILES string of the molecule is CC(C)[C@H](NC(=O)OCc1ccccc1)C(=O)N1CCCC12C(=O)N(CC(=O)NN)C2I. The van der Waals surface area contributed by atoms with Crippen LogP contribution in [0.3, 0.4) is 0 Å². The molecule has 0 radical (unpaired) electrons. The highest BCUT2D eigenvalue weighted by Crippen LogP contribution is 2.47. The number of hydrogen-bond acceptors (Lipinski definition) is 6. The average Bonchev–Trinajstić information content (AvgIpc) is 3.26. The van der Waals surface area contributed by atoms with Crippen molar-refractivity contribution in [3.63, 3.8) is 0 Å². The topological polar surface area (TPSA) is 134 Å². The van der Waals surface area contributed by atoms with E-state index in [2.05, 4.69) is 27.9 Å². The Balaban J connectivity index is 1.68. The standard InChI is InChI=1S/C21H28IN5O5/c1-13(2)16(24-20(31)32-12-14-7-4-3-5-8-14)17(29)27-10-6-9-21(27)18(22)26(19(21)30)11-15(28)25-23/h3-5,7-8,13,16,18H,6,9-12,23H2,1-2H3,(H,24,31)(H,25,28)/t16-,18?,21?/m0/s1. The summed E-state index contributed by atoms with van der Waals surface area (Å²) in [6, 6.07) is 8.40. The minimum atomic E-state index is -1.00. The molecule has 4 amide bonds. The van der Waals surface area contributed by atoms with E-state index in [0.29, 0.717) is 19.4 Å². The Hall–Kier alpha value is -2.41. The first kappa shape index (κ1) is 24.2. The maximum absolute atomic E-state index is 13.5. The Labute approximate surface area is 200 Å². The van der Waals surface area contributed by atoms with Gasteiger partial charge in [0.2, 0.25) is 5.91 Å². The fourth-order valence-electron chi connectivity index (χ4n) is 4.19. The molecule has 174 valence electrons. The van der Waals surface area contributed by atoms with Crippen LogP contribution in [0, 0.1) is 5.92 Å². The number of nitrogens with zero attached hydrogens (tertiary/aromatic N) is 2. The number of rotatable bonds is 7. The summed E-state index contributed by atoms with van der Waals surface area (Å²) >= 11 is 2.09. The first-order valence-electron chi connectivity index (χ1n) is 10.5. The van der Waals surface area contributed by atoms with Crippen molar-refractivity contribution in [3.05, 3.63) is 35.9 Å². The predicted octanol–water partition coefficient (Wildman–Crippen LogP) is 0.892. The second-order valence-corrected chi connectivity index (χ2v) is 9.46. The number of alkyl carbamates (subject to hydrolysis) is 1. The molecule has 1 spiro atoms. The predicted molar refractivity (Wildman–Crippen MR) is 124 cm³/mol. The smallest absolute Gasteiger partial charge is 0.408 e. The van der Waals surface area contributed by atoms with Gasteiger partial charge < -0.3 is 19.9 Å². The zero-order valence-electron chi connectivity index (χ0n) is 18.0. The maximum atomic E-state index is 13.5. The first-order chi connectivity index (χ1) is 15.2. The van der Waals surface area contributed by atoms with Crippen molar-refractivity contribution in [1.29, 1.82) is 0 Å². The fraction of sp³-hybridized carbons (Fsp3) is 0.524. The van der Waals surface area contributed by atoms with Crippen LogP contribution >= 0.6 is 22.6 Å². The molecular formula is C21H28IN5O5. The Morgan fingerprint density at radius 1 is 1.28 bits per heavy atom. The molecule has 2 aliphatic heterocycles. The molecule has 32 heavy (non-hydrogen) atoms. The molecule has 3 rings (SSSR count). The van der Waals surface area contributed by atoms with Crippen LogP contribution in [0.2, 0.25) is 0 Å². The number of carbonyl (C=O) groups is 4. The number of nitrogens with one attached hydrogen (secondary N) is 2. The van der Waals surface area contributed by atoms with E-state index in [4.69, 9.17) is 10.6 Å². The highest BCUT2D eigenvalue weighted by Gasteiger charge is 2.66. The lowest BCUT2D eigenvalue weighted by molar-refractivity contribution is -0.171. The number of halogens is 1. The van der Waals surface area contributed by atoms with E-state index in [1.54, 1.807) is 4.90 Å². The van der Waals surface area contributed by atoms with Gasteiger partial charge in [0.15, 0.2) is 5.54 Å². The number of likely N-dealkylation sites (tertiary alicyclic amines) is 2. The number of amides is 4. The van der Waals surface area contributed by atoms with E-state index >= 15 is 0 Å². The first-order valence-corrected chi connectivity index (χ1v) is 11.7. The largest absolute Gasteiger partial charge is 0.445 e. The molecule has 2 aliphatic rings. The summed E-state index contributed by atoms with van der Waals surface area (Å²) in [4.78, 5) is 53.5. The van der Waals surface area contributed by atoms with Crippen molar-refractivity contribution in [1.82, 2.24) is 20.5 Å². The summed E-state index contributed by atoms with van der Waals surface area (Å²) in [5.41, 5.74) is 1.85. The van der Waals surface area contributed by atoms with E-state index in [1.165, 1.54) is 4.90 Å². The maximum Gasteiger partial charge on any atom is 0.408 e. The van der Waals surface area contributed by atoms with Gasteiger partial charge in [-0.3, -0.25) is 19.8 Å². The number of alkyl halides is 1. The molecule has 2 saturated heterocycles. The van der Waals surface area contributed by atoms with Gasteiger partial charge in [0.1, 0.15) is 23.2 Å². The molecule has 0 aliphatic carbocycles. The summed E-state index contributed by atoms with van der Waals surface area (Å²) in [5, 5.41) is 2.67. The van der Waals surface area contributed by atoms with Crippen molar-refractivity contribution in [2.75, 3.05) is 13.1 Å². The number of carbonyl (C=O) groups excluding carboxylic acids is 4. The Kier molecular flexibility index (Phi) is 7.59. The van der Waals surface area contributed by atoms with Crippen molar-refractivity contribution < 1.29 is 23.9 Å². The summed E-state index contributed by atoms with van der Waals surface area (Å²) < 4.78 is 4.91. The van der Waals surface area contributed by atoms with Gasteiger partial charge in [-0.25, -0.2) is 10.6 Å². The second-order valence-electron chi connectivity index (χ2n) is 8.28. The fourth-order valence-corrected chi connectivity index (χ4v) is 5.55. The van der Waals surface area contributed by atoms with Crippen molar-refractivity contribution in [2.24, 2.45) is 11.8 Å². The van der Waals surface area contributed by atoms with Gasteiger partial charge in [0.05, 0.1) is 0 Å². The second kappa shape index (κ2) is 10.0. The molecule has 4 N–H and O–H groups in total. The Bertz CT molecular complexity index is 883. The minimum Gasteiger partial charge on any atom is -0.445 e. The lowest BCUT2D eigenvalue weighted by Crippen LogP contribution is -2.78. The molecule has 2 unspecified atom stereocenters. The van der Waals surface area contributed by atoms with E-state index in [-0.39, 0.29) is 34.9 Å². The number of hydrogen-bond donors (Lipinski definition) is 3. The third-order valence-electron chi connectivity index (χ3n) is 5.88. The van der Waals surface area contributed by atoms with Crippen LogP contribution in [0.25, 0.3) is 0 Å². The monoisotopic (exact) mass is 557 g/mol. The Morgan fingerprint density at radius 2 is 1.97 bits per heavy atom. The van der Waals surface area contributed by atoms with Gasteiger partial charge in [-0.2, -0.15) is 0 Å². The molecule has 0 aromatic heterocycles. The van der Waals surface area contributed by atoms with Crippen molar-refractivity contribution in [2.45, 2.75) is 48.9 Å². The molecular weight excluding hydrogens is 529 g/mol. The average molecular weight is 557 g/mol. The summed E-state index contributed by atoms with van der Waals surface area (Å²) in [6.07, 6.45) is 0.480. The van der Waals surface area contributed by atoms with Crippen LogP contribution in [0.15, 0.2) is 30.3 Å². The molecule has 1 aromatic carbocycles. The van der Waals surface area contributed by atoms with Crippen LogP contribution in [0.4, 0.5) is 4.79 Å². The quantitative estimate of drug-likeness (QED) is 0.0868. The highest BCUT2D eigenvalue weighted by molar-refractivity contribution is 14.1. The van der Waals surface area contributed by atoms with E-state index < -0.39 is 23.6 Å². The zero-order chi connectivity index (χ0) is 23.5. The third-order valence-corrected chi connectivity index (χ3v) is 7.58. The molecule has 2 fully saturated rings. The van der Waals surface area contributed by atoms with Crippen LogP contribution in [-0.4, -0.2) is 62.3 Å². The Morgan fingerprint density at radius 3 is 2.56 bits per heavy atom. The molecule has 10 nitrogen and oxygen atoms in total. The summed E-state index contributed by atoms with van der Waals surface area (Å²) in [5.74, 6) is 3.84. The van der Waals surface area contributed by atoms with Crippen LogP contribution in [0.1, 0.15) is 32.3 Å². The number of β-lactam (4-membered cyclic amide) rings is 1. The molecule has 3 atom stereocenters. The lowest BCUT2D eigenvalue weighted by Gasteiger charge is -2.55. The van der Waals surface area contributed by atoms with E-state index in [0.717, 1.165) is 5.56 Å². The normalized spacial score (nSPS) is 23.2. The van der Waals surface area contributed by atoms with Gasteiger partial charge in [-0.05, 0) is 24.3 Å². The van der Waals surface area contributed by atoms with E-state index in [9.17, 15) is 19.2 Å². The van der Waals surface area contributed by atoms with Gasteiger partial charge in [0.25, 0.3) is 11.8 Å². The van der Waals surface area contributed by atoms with Gasteiger partial charge in [-0.1, -0.05) is 66.8 Å². The van der Waals surface area contributed by atoms with Gasteiger partial charge in [-0.15, -0.1) is 0 Å². The van der Waals surface area contributed by atoms with Crippen molar-refractivity contribution >= 4 is 46.4 Å². The van der Waals surface area contributed by atoms with Crippen LogP contribution in [0.5, 0.6) is 0 Å². The molecule has 1 aromatic rings. The third kappa shape index (κ3) is 4.53. The number of ether oxygens (including phenoxy) is 1. The molecule has 2 heterocycles. The summed E-state index contributed by atoms with van der Waals surface area (Å²) in [7, 11) is 0. The van der Waals surface area contributed by atoms with Crippen LogP contribution in [-0.2, 0) is 25.7 Å². The van der Waals surface area contributed by atoms with E-state index in [1.807, 2.05) is 49.6 Å². The summed E-state index contributed by atoms with van der Waals surface area (Å²) in [6.45, 7) is 3.98. The minimum absolute atomic E-state index is 0.0891. The van der Waals surface area contributed by atoms with Gasteiger partial charge >= 0.3 is 6.09 Å². The number of hydrazine groups is 1.